The number of benzene rings is 3. The van der Waals surface area contributed by atoms with E-state index >= 15 is 0 Å². The van der Waals surface area contributed by atoms with E-state index in [1.54, 1.807) is 29.2 Å². The molecule has 180 valence electrons. The maximum absolute atomic E-state index is 14.0. The van der Waals surface area contributed by atoms with Crippen molar-refractivity contribution in [2.75, 3.05) is 11.4 Å². The van der Waals surface area contributed by atoms with Gasteiger partial charge in [0, 0.05) is 29.6 Å². The summed E-state index contributed by atoms with van der Waals surface area (Å²) in [6.45, 7) is 2.49. The quantitative estimate of drug-likeness (QED) is 0.405. The van der Waals surface area contributed by atoms with Gasteiger partial charge >= 0.3 is 6.03 Å². The SMILES string of the molecule is CCCNC(=O)c1ccccc1N1C(=O)C2Cc3c([nH]c4ccccc34)C(c3ccccc3)N2C1=O. The van der Waals surface area contributed by atoms with E-state index in [9.17, 15) is 14.4 Å². The van der Waals surface area contributed by atoms with Crippen LogP contribution in [0.2, 0.25) is 0 Å². The molecule has 4 amide bonds. The van der Waals surface area contributed by atoms with E-state index in [1.807, 2.05) is 55.5 Å². The number of fused-ring (bicyclic) bond motifs is 4. The number of nitrogens with one attached hydrogen (secondary N) is 2. The Labute approximate surface area is 208 Å². The van der Waals surface area contributed by atoms with Gasteiger partial charge in [-0.3, -0.25) is 14.5 Å². The summed E-state index contributed by atoms with van der Waals surface area (Å²) < 4.78 is 0. The van der Waals surface area contributed by atoms with Crippen molar-refractivity contribution in [1.29, 1.82) is 0 Å². The van der Waals surface area contributed by atoms with Crippen LogP contribution in [0.25, 0.3) is 10.9 Å². The Kier molecular flexibility index (Phi) is 5.33. The minimum atomic E-state index is -0.666. The van der Waals surface area contributed by atoms with Gasteiger partial charge in [0.25, 0.3) is 11.8 Å². The molecular formula is C29H26N4O3. The fourth-order valence-electron chi connectivity index (χ4n) is 5.47. The van der Waals surface area contributed by atoms with Crippen LogP contribution in [-0.2, 0) is 11.2 Å². The van der Waals surface area contributed by atoms with E-state index in [0.717, 1.165) is 34.1 Å². The van der Waals surface area contributed by atoms with Crippen LogP contribution in [0.5, 0.6) is 0 Å². The molecule has 3 heterocycles. The number of aromatic amines is 1. The molecule has 6 rings (SSSR count). The van der Waals surface area contributed by atoms with E-state index in [-0.39, 0.29) is 11.8 Å². The van der Waals surface area contributed by atoms with Gasteiger partial charge in [0.15, 0.2) is 0 Å². The number of carbonyl (C=O) groups excluding carboxylic acids is 3. The molecule has 0 saturated carbocycles. The van der Waals surface area contributed by atoms with E-state index in [1.165, 1.54) is 4.90 Å². The van der Waals surface area contributed by atoms with Gasteiger partial charge in [-0.1, -0.05) is 67.6 Å². The largest absolute Gasteiger partial charge is 0.356 e. The highest BCUT2D eigenvalue weighted by atomic mass is 16.2. The minimum absolute atomic E-state index is 0.297. The Morgan fingerprint density at radius 2 is 1.69 bits per heavy atom. The van der Waals surface area contributed by atoms with Gasteiger partial charge in [0.2, 0.25) is 0 Å². The Bertz CT molecular complexity index is 1490. The van der Waals surface area contributed by atoms with Crippen molar-refractivity contribution in [3.8, 4) is 0 Å². The number of H-pyrrole nitrogens is 1. The van der Waals surface area contributed by atoms with Crippen LogP contribution < -0.4 is 10.2 Å². The lowest BCUT2D eigenvalue weighted by atomic mass is 9.89. The molecule has 0 bridgehead atoms. The van der Waals surface area contributed by atoms with Crippen molar-refractivity contribution >= 4 is 34.4 Å². The van der Waals surface area contributed by atoms with Crippen molar-refractivity contribution in [1.82, 2.24) is 15.2 Å². The van der Waals surface area contributed by atoms with E-state index in [4.69, 9.17) is 0 Å². The lowest BCUT2D eigenvalue weighted by Crippen LogP contribution is -2.44. The Morgan fingerprint density at radius 3 is 2.50 bits per heavy atom. The second kappa shape index (κ2) is 8.68. The van der Waals surface area contributed by atoms with Gasteiger partial charge < -0.3 is 10.3 Å². The molecule has 2 aliphatic heterocycles. The first-order valence-electron chi connectivity index (χ1n) is 12.3. The summed E-state index contributed by atoms with van der Waals surface area (Å²) in [7, 11) is 0. The molecule has 36 heavy (non-hydrogen) atoms. The predicted octanol–water partition coefficient (Wildman–Crippen LogP) is 4.79. The normalized spacial score (nSPS) is 18.9. The van der Waals surface area contributed by atoms with Gasteiger partial charge in [0.05, 0.1) is 11.3 Å². The van der Waals surface area contributed by atoms with Crippen LogP contribution in [0.3, 0.4) is 0 Å². The first-order valence-corrected chi connectivity index (χ1v) is 12.3. The average Bonchev–Trinajstić information content (AvgIpc) is 3.41. The lowest BCUT2D eigenvalue weighted by Gasteiger charge is -2.36. The number of hydrogen-bond donors (Lipinski definition) is 2. The Hall–Kier alpha value is -4.39. The van der Waals surface area contributed by atoms with E-state index < -0.39 is 18.1 Å². The molecule has 2 N–H and O–H groups in total. The van der Waals surface area contributed by atoms with Gasteiger partial charge in [-0.25, -0.2) is 9.69 Å². The molecule has 0 spiro atoms. The zero-order valence-corrected chi connectivity index (χ0v) is 19.9. The van der Waals surface area contributed by atoms with Crippen LogP contribution in [0.4, 0.5) is 10.5 Å². The topological polar surface area (TPSA) is 85.5 Å². The second-order valence-electron chi connectivity index (χ2n) is 9.23. The summed E-state index contributed by atoms with van der Waals surface area (Å²) in [5, 5.41) is 3.92. The first-order chi connectivity index (χ1) is 17.6. The van der Waals surface area contributed by atoms with Crippen LogP contribution in [0.15, 0.2) is 78.9 Å². The highest BCUT2D eigenvalue weighted by Gasteiger charge is 2.53. The number of para-hydroxylation sites is 2. The highest BCUT2D eigenvalue weighted by molar-refractivity contribution is 6.24. The monoisotopic (exact) mass is 478 g/mol. The van der Waals surface area contributed by atoms with Gasteiger partial charge in [0.1, 0.15) is 12.1 Å². The van der Waals surface area contributed by atoms with Crippen molar-refractivity contribution in [2.45, 2.75) is 31.8 Å². The lowest BCUT2D eigenvalue weighted by molar-refractivity contribution is -0.120. The number of hydrogen-bond acceptors (Lipinski definition) is 3. The molecule has 0 aliphatic carbocycles. The van der Waals surface area contributed by atoms with Crippen LogP contribution in [0, 0.1) is 0 Å². The van der Waals surface area contributed by atoms with Crippen LogP contribution in [0.1, 0.15) is 46.6 Å². The number of aromatic nitrogens is 1. The van der Waals surface area contributed by atoms with Crippen LogP contribution in [-0.4, -0.2) is 40.3 Å². The summed E-state index contributed by atoms with van der Waals surface area (Å²) in [4.78, 5) is 47.2. The molecule has 7 nitrogen and oxygen atoms in total. The Morgan fingerprint density at radius 1 is 0.972 bits per heavy atom. The third kappa shape index (κ3) is 3.31. The predicted molar refractivity (Wildman–Crippen MR) is 138 cm³/mol. The van der Waals surface area contributed by atoms with E-state index in [0.29, 0.717) is 24.2 Å². The van der Waals surface area contributed by atoms with E-state index in [2.05, 4.69) is 16.4 Å². The fourth-order valence-corrected chi connectivity index (χ4v) is 5.47. The van der Waals surface area contributed by atoms with Gasteiger partial charge in [-0.15, -0.1) is 0 Å². The maximum atomic E-state index is 14.0. The molecule has 2 atom stereocenters. The molecule has 7 heteroatoms. The molecule has 1 saturated heterocycles. The smallest absolute Gasteiger partial charge is 0.332 e. The van der Waals surface area contributed by atoms with Crippen molar-refractivity contribution in [3.63, 3.8) is 0 Å². The van der Waals surface area contributed by atoms with Crippen molar-refractivity contribution < 1.29 is 14.4 Å². The molecule has 3 aromatic carbocycles. The Balaban J connectivity index is 1.48. The number of amides is 4. The number of carbonyl (C=O) groups is 3. The summed E-state index contributed by atoms with van der Waals surface area (Å²) in [5.41, 5.74) is 4.52. The fraction of sp³-hybridized carbons (Fsp3) is 0.207. The van der Waals surface area contributed by atoms with Crippen molar-refractivity contribution in [3.05, 3.63) is 101 Å². The summed E-state index contributed by atoms with van der Waals surface area (Å²) in [6.07, 6.45) is 1.20. The average molecular weight is 479 g/mol. The molecular weight excluding hydrogens is 452 g/mol. The number of anilines is 1. The minimum Gasteiger partial charge on any atom is -0.356 e. The third-order valence-electron chi connectivity index (χ3n) is 7.09. The molecule has 2 aliphatic rings. The molecule has 1 aromatic heterocycles. The zero-order chi connectivity index (χ0) is 24.8. The number of rotatable bonds is 5. The van der Waals surface area contributed by atoms with Crippen molar-refractivity contribution in [2.24, 2.45) is 0 Å². The second-order valence-corrected chi connectivity index (χ2v) is 9.23. The van der Waals surface area contributed by atoms with Crippen LogP contribution >= 0.6 is 0 Å². The summed E-state index contributed by atoms with van der Waals surface area (Å²) in [6, 6.07) is 23.1. The maximum Gasteiger partial charge on any atom is 0.332 e. The zero-order valence-electron chi connectivity index (χ0n) is 19.9. The van der Waals surface area contributed by atoms with Gasteiger partial charge in [-0.05, 0) is 35.7 Å². The molecule has 1 fully saturated rings. The highest BCUT2D eigenvalue weighted by Crippen LogP contribution is 2.45. The number of urea groups is 1. The number of nitrogens with zero attached hydrogens (tertiary/aromatic N) is 2. The standard InChI is InChI=1S/C29H26N4O3/c1-2-16-30-27(34)20-13-7-9-15-23(20)33-28(35)24-17-21-19-12-6-8-14-22(19)31-25(21)26(32(24)29(33)36)18-10-4-3-5-11-18/h3-15,24,26,31H,2,16-17H2,1H3,(H,30,34). The first kappa shape index (κ1) is 22.1. The molecule has 4 aromatic rings. The summed E-state index contributed by atoms with van der Waals surface area (Å²) in [5.74, 6) is -0.610. The number of imide groups is 1. The molecule has 0 radical (unpaired) electrons. The third-order valence-corrected chi connectivity index (χ3v) is 7.09. The molecule has 2 unspecified atom stereocenters. The summed E-state index contributed by atoms with van der Waals surface area (Å²) >= 11 is 0. The van der Waals surface area contributed by atoms with Gasteiger partial charge in [-0.2, -0.15) is 0 Å².